The highest BCUT2D eigenvalue weighted by atomic mass is 16.5. The molecular formula is C15H15N3O. The van der Waals surface area contributed by atoms with Crippen LogP contribution >= 0.6 is 0 Å². The zero-order chi connectivity index (χ0) is 13.7. The highest BCUT2D eigenvalue weighted by Crippen LogP contribution is 2.17. The lowest BCUT2D eigenvalue weighted by molar-refractivity contribution is 0.414. The van der Waals surface area contributed by atoms with Crippen LogP contribution in [0.2, 0.25) is 0 Å². The van der Waals surface area contributed by atoms with E-state index in [9.17, 15) is 0 Å². The van der Waals surface area contributed by atoms with Crippen molar-refractivity contribution in [3.05, 3.63) is 53.2 Å². The normalized spacial score (nSPS) is 9.74. The number of benzene rings is 1. The zero-order valence-corrected chi connectivity index (χ0v) is 11.0. The molecule has 4 heteroatoms. The lowest BCUT2D eigenvalue weighted by atomic mass is 10.1. The Kier molecular flexibility index (Phi) is 3.99. The van der Waals surface area contributed by atoms with Crippen LogP contribution in [-0.4, -0.2) is 12.1 Å². The number of nitriles is 1. The molecule has 4 nitrogen and oxygen atoms in total. The molecule has 0 unspecified atom stereocenters. The van der Waals surface area contributed by atoms with E-state index in [-0.39, 0.29) is 0 Å². The van der Waals surface area contributed by atoms with Crippen LogP contribution < -0.4 is 10.1 Å². The first kappa shape index (κ1) is 12.9. The van der Waals surface area contributed by atoms with Crippen LogP contribution in [0.3, 0.4) is 0 Å². The van der Waals surface area contributed by atoms with Crippen LogP contribution in [-0.2, 0) is 6.54 Å². The number of nitrogens with one attached hydrogen (secondary N) is 1. The van der Waals surface area contributed by atoms with E-state index in [1.165, 1.54) is 0 Å². The van der Waals surface area contributed by atoms with Crippen molar-refractivity contribution in [2.75, 3.05) is 12.4 Å². The fraction of sp³-hybridized carbons (Fsp3) is 0.200. The molecule has 0 amide bonds. The van der Waals surface area contributed by atoms with Gasteiger partial charge in [-0.1, -0.05) is 12.1 Å². The highest BCUT2D eigenvalue weighted by Gasteiger charge is 2.04. The average Bonchev–Trinajstić information content (AvgIpc) is 2.47. The van der Waals surface area contributed by atoms with Crippen molar-refractivity contribution >= 4 is 5.82 Å². The lowest BCUT2D eigenvalue weighted by Crippen LogP contribution is -2.04. The molecule has 0 bridgehead atoms. The van der Waals surface area contributed by atoms with Gasteiger partial charge in [0.15, 0.2) is 0 Å². The van der Waals surface area contributed by atoms with Gasteiger partial charge in [-0.05, 0) is 30.7 Å². The molecular weight excluding hydrogens is 238 g/mol. The minimum absolute atomic E-state index is 0.646. The Morgan fingerprint density at radius 3 is 2.63 bits per heavy atom. The Labute approximate surface area is 112 Å². The summed E-state index contributed by atoms with van der Waals surface area (Å²) in [5, 5.41) is 12.2. The van der Waals surface area contributed by atoms with Gasteiger partial charge in [0.1, 0.15) is 11.6 Å². The van der Waals surface area contributed by atoms with E-state index in [1.54, 1.807) is 19.4 Å². The van der Waals surface area contributed by atoms with E-state index < -0.39 is 0 Å². The van der Waals surface area contributed by atoms with Crippen molar-refractivity contribution < 1.29 is 4.74 Å². The third-order valence-electron chi connectivity index (χ3n) is 2.94. The fourth-order valence-corrected chi connectivity index (χ4v) is 1.76. The Hall–Kier alpha value is -2.54. The van der Waals surface area contributed by atoms with Gasteiger partial charge in [0.2, 0.25) is 0 Å². The molecule has 2 aromatic rings. The Bertz CT molecular complexity index is 600. The molecule has 0 aliphatic carbocycles. The quantitative estimate of drug-likeness (QED) is 0.910. The Morgan fingerprint density at radius 1 is 1.26 bits per heavy atom. The summed E-state index contributed by atoms with van der Waals surface area (Å²) in [4.78, 5) is 4.25. The van der Waals surface area contributed by atoms with Crippen molar-refractivity contribution in [1.29, 1.82) is 5.26 Å². The molecule has 96 valence electrons. The van der Waals surface area contributed by atoms with Gasteiger partial charge in [0.05, 0.1) is 18.7 Å². The number of hydrogen-bond donors (Lipinski definition) is 1. The predicted octanol–water partition coefficient (Wildman–Crippen LogP) is 2.88. The molecule has 0 fully saturated rings. The smallest absolute Gasteiger partial charge is 0.130 e. The summed E-state index contributed by atoms with van der Waals surface area (Å²) in [6, 6.07) is 11.7. The second-order valence-corrected chi connectivity index (χ2v) is 4.15. The number of anilines is 1. The molecule has 1 aromatic heterocycles. The van der Waals surface area contributed by atoms with Crippen molar-refractivity contribution in [1.82, 2.24) is 4.98 Å². The van der Waals surface area contributed by atoms with E-state index in [0.29, 0.717) is 12.1 Å². The molecule has 1 heterocycles. The van der Waals surface area contributed by atoms with Gasteiger partial charge in [0.25, 0.3) is 0 Å². The van der Waals surface area contributed by atoms with Gasteiger partial charge >= 0.3 is 0 Å². The molecule has 0 saturated carbocycles. The molecule has 0 atom stereocenters. The van der Waals surface area contributed by atoms with E-state index in [1.807, 2.05) is 31.2 Å². The van der Waals surface area contributed by atoms with Gasteiger partial charge in [0, 0.05) is 18.3 Å². The molecule has 0 aliphatic rings. The predicted molar refractivity (Wildman–Crippen MR) is 74.0 cm³/mol. The van der Waals surface area contributed by atoms with Gasteiger partial charge in [-0.2, -0.15) is 5.26 Å². The number of aromatic nitrogens is 1. The van der Waals surface area contributed by atoms with Crippen molar-refractivity contribution in [3.63, 3.8) is 0 Å². The first-order valence-electron chi connectivity index (χ1n) is 5.97. The number of rotatable bonds is 4. The van der Waals surface area contributed by atoms with Crippen LogP contribution in [0, 0.1) is 18.3 Å². The first-order chi connectivity index (χ1) is 9.24. The molecule has 0 radical (unpaired) electrons. The van der Waals surface area contributed by atoms with Crippen molar-refractivity contribution in [2.24, 2.45) is 0 Å². The fourth-order valence-electron chi connectivity index (χ4n) is 1.76. The van der Waals surface area contributed by atoms with Crippen molar-refractivity contribution in [2.45, 2.75) is 13.5 Å². The number of methoxy groups -OCH3 is 1. The SMILES string of the molecule is COc1ccc(CNc2nccc(C#N)c2C)cc1. The molecule has 2 rings (SSSR count). The molecule has 0 saturated heterocycles. The van der Waals surface area contributed by atoms with Crippen molar-refractivity contribution in [3.8, 4) is 11.8 Å². The topological polar surface area (TPSA) is 57.9 Å². The van der Waals surface area contributed by atoms with Gasteiger partial charge in [-0.15, -0.1) is 0 Å². The standard InChI is InChI=1S/C15H15N3O/c1-11-13(9-16)7-8-17-15(11)18-10-12-3-5-14(19-2)6-4-12/h3-8H,10H2,1-2H3,(H,17,18). The molecule has 1 N–H and O–H groups in total. The Morgan fingerprint density at radius 2 is 2.00 bits per heavy atom. The summed E-state index contributed by atoms with van der Waals surface area (Å²) < 4.78 is 5.11. The van der Waals surface area contributed by atoms with Crippen LogP contribution in [0.5, 0.6) is 5.75 Å². The maximum atomic E-state index is 8.97. The molecule has 19 heavy (non-hydrogen) atoms. The summed E-state index contributed by atoms with van der Waals surface area (Å²) in [6.07, 6.45) is 1.64. The number of pyridine rings is 1. The summed E-state index contributed by atoms with van der Waals surface area (Å²) in [7, 11) is 1.65. The van der Waals surface area contributed by atoms with Crippen LogP contribution in [0.4, 0.5) is 5.82 Å². The minimum atomic E-state index is 0.646. The summed E-state index contributed by atoms with van der Waals surface area (Å²) in [5.41, 5.74) is 2.65. The molecule has 1 aromatic carbocycles. The van der Waals surface area contributed by atoms with Gasteiger partial charge in [-0.3, -0.25) is 0 Å². The summed E-state index contributed by atoms with van der Waals surface area (Å²) in [5.74, 6) is 1.58. The average molecular weight is 253 g/mol. The third-order valence-corrected chi connectivity index (χ3v) is 2.94. The maximum absolute atomic E-state index is 8.97. The lowest BCUT2D eigenvalue weighted by Gasteiger charge is -2.09. The number of ether oxygens (including phenoxy) is 1. The molecule has 0 spiro atoms. The van der Waals surface area contributed by atoms with Crippen LogP contribution in [0.25, 0.3) is 0 Å². The third kappa shape index (κ3) is 3.02. The number of hydrogen-bond acceptors (Lipinski definition) is 4. The summed E-state index contributed by atoms with van der Waals surface area (Å²) >= 11 is 0. The van der Waals surface area contributed by atoms with Crippen LogP contribution in [0.1, 0.15) is 16.7 Å². The van der Waals surface area contributed by atoms with E-state index in [4.69, 9.17) is 10.00 Å². The maximum Gasteiger partial charge on any atom is 0.130 e. The monoisotopic (exact) mass is 253 g/mol. The first-order valence-corrected chi connectivity index (χ1v) is 5.97. The zero-order valence-electron chi connectivity index (χ0n) is 11.0. The minimum Gasteiger partial charge on any atom is -0.497 e. The van der Waals surface area contributed by atoms with Gasteiger partial charge in [-0.25, -0.2) is 4.98 Å². The van der Waals surface area contributed by atoms with Crippen LogP contribution in [0.15, 0.2) is 36.5 Å². The largest absolute Gasteiger partial charge is 0.497 e. The second-order valence-electron chi connectivity index (χ2n) is 4.15. The van der Waals surface area contributed by atoms with E-state index in [2.05, 4.69) is 16.4 Å². The highest BCUT2D eigenvalue weighted by molar-refractivity contribution is 5.52. The second kappa shape index (κ2) is 5.87. The van der Waals surface area contributed by atoms with Gasteiger partial charge < -0.3 is 10.1 Å². The Balaban J connectivity index is 2.08. The number of nitrogens with zero attached hydrogens (tertiary/aromatic N) is 2. The molecule has 0 aliphatic heterocycles. The van der Waals surface area contributed by atoms with E-state index in [0.717, 1.165) is 22.7 Å². The van der Waals surface area contributed by atoms with E-state index >= 15 is 0 Å². The summed E-state index contributed by atoms with van der Waals surface area (Å²) in [6.45, 7) is 2.55.